The van der Waals surface area contributed by atoms with E-state index in [0.29, 0.717) is 17.1 Å². The van der Waals surface area contributed by atoms with E-state index in [-0.39, 0.29) is 0 Å². The van der Waals surface area contributed by atoms with Gasteiger partial charge in [-0.1, -0.05) is 24.4 Å². The van der Waals surface area contributed by atoms with Gasteiger partial charge in [0.1, 0.15) is 0 Å². The molecule has 0 heterocycles. The minimum absolute atomic E-state index is 0.464. The van der Waals surface area contributed by atoms with E-state index < -0.39 is 6.09 Å². The fraction of sp³-hybridized carbons (Fsp3) is 0.200. The zero-order chi connectivity index (χ0) is 11.3. The number of rotatable bonds is 4. The Hall–Kier alpha value is -1.62. The lowest BCUT2D eigenvalue weighted by Gasteiger charge is -2.04. The monoisotopic (exact) mass is 224 g/mol. The van der Waals surface area contributed by atoms with E-state index in [2.05, 4.69) is 5.32 Å². The van der Waals surface area contributed by atoms with Gasteiger partial charge in [-0.05, 0) is 24.1 Å². The second-order valence-electron chi connectivity index (χ2n) is 3.10. The normalized spacial score (nSPS) is 9.60. The number of benzene rings is 1. The van der Waals surface area contributed by atoms with E-state index >= 15 is 0 Å². The molecule has 0 unspecified atom stereocenters. The van der Waals surface area contributed by atoms with Crippen LogP contribution in [-0.4, -0.2) is 16.2 Å². The summed E-state index contributed by atoms with van der Waals surface area (Å²) in [5, 5.41) is 10.8. The van der Waals surface area contributed by atoms with Crippen molar-refractivity contribution in [2.24, 2.45) is 5.73 Å². The number of carboxylic acid groups (broad SMARTS) is 1. The van der Waals surface area contributed by atoms with Crippen LogP contribution in [-0.2, 0) is 6.42 Å². The van der Waals surface area contributed by atoms with Crippen LogP contribution in [0.25, 0.3) is 0 Å². The lowest BCUT2D eigenvalue weighted by atomic mass is 10.1. The van der Waals surface area contributed by atoms with Crippen molar-refractivity contribution < 1.29 is 9.90 Å². The average molecular weight is 224 g/mol. The van der Waals surface area contributed by atoms with Gasteiger partial charge in [-0.15, -0.1) is 0 Å². The minimum atomic E-state index is -1.07. The van der Waals surface area contributed by atoms with Gasteiger partial charge >= 0.3 is 6.09 Å². The van der Waals surface area contributed by atoms with Gasteiger partial charge in [-0.3, -0.25) is 5.32 Å². The summed E-state index contributed by atoms with van der Waals surface area (Å²) in [6.07, 6.45) is 0.289. The second kappa shape index (κ2) is 5.31. The molecule has 15 heavy (non-hydrogen) atoms. The van der Waals surface area contributed by atoms with Gasteiger partial charge in [-0.2, -0.15) is 0 Å². The molecule has 0 aromatic heterocycles. The first-order chi connectivity index (χ1) is 7.08. The molecule has 0 aliphatic rings. The fourth-order valence-corrected chi connectivity index (χ4v) is 1.30. The van der Waals surface area contributed by atoms with Crippen molar-refractivity contribution in [3.05, 3.63) is 29.8 Å². The Morgan fingerprint density at radius 3 is 2.87 bits per heavy atom. The molecule has 0 atom stereocenters. The summed E-state index contributed by atoms with van der Waals surface area (Å²) in [6.45, 7) is 0. The minimum Gasteiger partial charge on any atom is -0.465 e. The van der Waals surface area contributed by atoms with Crippen LogP contribution in [0.4, 0.5) is 10.5 Å². The van der Waals surface area contributed by atoms with E-state index in [9.17, 15) is 4.79 Å². The molecule has 1 aromatic carbocycles. The molecular weight excluding hydrogens is 212 g/mol. The molecule has 0 radical (unpaired) electrons. The summed E-state index contributed by atoms with van der Waals surface area (Å²) >= 11 is 4.77. The number of aryl methyl sites for hydroxylation is 1. The summed E-state index contributed by atoms with van der Waals surface area (Å²) in [5.74, 6) is 0. The molecule has 1 aromatic rings. The first kappa shape index (κ1) is 11.5. The van der Waals surface area contributed by atoms with Crippen LogP contribution in [0.3, 0.4) is 0 Å². The van der Waals surface area contributed by atoms with Crippen LogP contribution in [0.2, 0.25) is 0 Å². The Morgan fingerprint density at radius 2 is 2.27 bits per heavy atom. The molecule has 0 saturated carbocycles. The number of nitrogens with two attached hydrogens (primary N) is 1. The van der Waals surface area contributed by atoms with E-state index in [1.54, 1.807) is 18.2 Å². The molecule has 0 aliphatic carbocycles. The predicted octanol–water partition coefficient (Wildman–Crippen LogP) is 2.00. The van der Waals surface area contributed by atoms with Gasteiger partial charge in [0.25, 0.3) is 0 Å². The first-order valence-electron chi connectivity index (χ1n) is 4.45. The Morgan fingerprint density at radius 1 is 1.53 bits per heavy atom. The van der Waals surface area contributed by atoms with E-state index in [0.717, 1.165) is 12.0 Å². The average Bonchev–Trinajstić information content (AvgIpc) is 2.14. The lowest BCUT2D eigenvalue weighted by Crippen LogP contribution is -2.09. The van der Waals surface area contributed by atoms with Crippen LogP contribution >= 0.6 is 12.2 Å². The van der Waals surface area contributed by atoms with Gasteiger partial charge in [0.2, 0.25) is 0 Å². The molecule has 0 bridgehead atoms. The zero-order valence-corrected chi connectivity index (χ0v) is 8.88. The van der Waals surface area contributed by atoms with Crippen LogP contribution in [0.15, 0.2) is 24.3 Å². The van der Waals surface area contributed by atoms with E-state index in [1.807, 2.05) is 6.07 Å². The van der Waals surface area contributed by atoms with Crippen LogP contribution in [0, 0.1) is 0 Å². The van der Waals surface area contributed by atoms with Crippen molar-refractivity contribution in [2.45, 2.75) is 12.8 Å². The SMILES string of the molecule is NC(=S)CCc1cccc(NC(=O)O)c1. The Bertz CT molecular complexity index is 379. The van der Waals surface area contributed by atoms with Gasteiger partial charge < -0.3 is 10.8 Å². The summed E-state index contributed by atoms with van der Waals surface area (Å²) in [5.41, 5.74) is 6.95. The molecule has 5 heteroatoms. The third kappa shape index (κ3) is 4.42. The number of carbonyl (C=O) groups is 1. The van der Waals surface area contributed by atoms with Crippen LogP contribution < -0.4 is 11.1 Å². The Kier molecular flexibility index (Phi) is 4.05. The Labute approximate surface area is 93.1 Å². The van der Waals surface area contributed by atoms with Crippen molar-refractivity contribution in [3.8, 4) is 0 Å². The third-order valence-electron chi connectivity index (χ3n) is 1.84. The highest BCUT2D eigenvalue weighted by Gasteiger charge is 1.99. The maximum absolute atomic E-state index is 10.4. The zero-order valence-electron chi connectivity index (χ0n) is 8.06. The van der Waals surface area contributed by atoms with Gasteiger partial charge in [0.05, 0.1) is 4.99 Å². The van der Waals surface area contributed by atoms with Gasteiger partial charge in [0.15, 0.2) is 0 Å². The van der Waals surface area contributed by atoms with Crippen molar-refractivity contribution in [2.75, 3.05) is 5.32 Å². The van der Waals surface area contributed by atoms with Crippen molar-refractivity contribution in [1.29, 1.82) is 0 Å². The number of amides is 1. The van der Waals surface area contributed by atoms with E-state index in [1.165, 1.54) is 0 Å². The summed E-state index contributed by atoms with van der Waals surface area (Å²) in [4.78, 5) is 10.9. The largest absolute Gasteiger partial charge is 0.465 e. The van der Waals surface area contributed by atoms with Gasteiger partial charge in [0, 0.05) is 12.1 Å². The highest BCUT2D eigenvalue weighted by molar-refractivity contribution is 7.80. The number of thiocarbonyl (C=S) groups is 1. The maximum Gasteiger partial charge on any atom is 0.409 e. The number of anilines is 1. The topological polar surface area (TPSA) is 75.3 Å². The summed E-state index contributed by atoms with van der Waals surface area (Å²) in [7, 11) is 0. The quantitative estimate of drug-likeness (QED) is 0.684. The molecule has 4 N–H and O–H groups in total. The maximum atomic E-state index is 10.4. The molecule has 1 rings (SSSR count). The number of hydrogen-bond acceptors (Lipinski definition) is 2. The fourth-order valence-electron chi connectivity index (χ4n) is 1.20. The smallest absolute Gasteiger partial charge is 0.409 e. The lowest BCUT2D eigenvalue weighted by molar-refractivity contribution is 0.210. The second-order valence-corrected chi connectivity index (χ2v) is 3.62. The molecule has 4 nitrogen and oxygen atoms in total. The molecular formula is C10H12N2O2S. The number of nitrogens with one attached hydrogen (secondary N) is 1. The van der Waals surface area contributed by atoms with Crippen LogP contribution in [0.1, 0.15) is 12.0 Å². The molecule has 80 valence electrons. The molecule has 0 aliphatic heterocycles. The summed E-state index contributed by atoms with van der Waals surface area (Å²) < 4.78 is 0. The van der Waals surface area contributed by atoms with Crippen molar-refractivity contribution in [3.63, 3.8) is 0 Å². The molecule has 0 saturated heterocycles. The van der Waals surface area contributed by atoms with E-state index in [4.69, 9.17) is 23.1 Å². The molecule has 0 spiro atoms. The highest BCUT2D eigenvalue weighted by Crippen LogP contribution is 2.12. The van der Waals surface area contributed by atoms with Crippen molar-refractivity contribution >= 4 is 29.0 Å². The molecule has 0 fully saturated rings. The number of hydrogen-bond donors (Lipinski definition) is 3. The highest BCUT2D eigenvalue weighted by atomic mass is 32.1. The van der Waals surface area contributed by atoms with Gasteiger partial charge in [-0.25, -0.2) is 4.79 Å². The van der Waals surface area contributed by atoms with Crippen LogP contribution in [0.5, 0.6) is 0 Å². The molecule has 1 amide bonds. The summed E-state index contributed by atoms with van der Waals surface area (Å²) in [6, 6.07) is 7.16. The van der Waals surface area contributed by atoms with Crippen molar-refractivity contribution in [1.82, 2.24) is 0 Å². The predicted molar refractivity (Wildman–Crippen MR) is 63.2 cm³/mol. The Balaban J connectivity index is 2.65. The first-order valence-corrected chi connectivity index (χ1v) is 4.86. The standard InChI is InChI=1S/C10H12N2O2S/c11-9(15)5-4-7-2-1-3-8(6-7)12-10(13)14/h1-3,6,12H,4-5H2,(H2,11,15)(H,13,14). The third-order valence-corrected chi connectivity index (χ3v) is 2.04.